The van der Waals surface area contributed by atoms with Gasteiger partial charge in [-0.3, -0.25) is 15.1 Å². The minimum atomic E-state index is -0.101. The Kier molecular flexibility index (Phi) is 2.32. The van der Waals surface area contributed by atoms with Gasteiger partial charge < -0.3 is 5.73 Å². The average Bonchev–Trinajstić information content (AvgIpc) is 2.45. The number of nitrogens with zero attached hydrogens (tertiary/aromatic N) is 4. The van der Waals surface area contributed by atoms with E-state index in [0.29, 0.717) is 6.54 Å². The second kappa shape index (κ2) is 3.62. The predicted molar refractivity (Wildman–Crippen MR) is 49.9 cm³/mol. The lowest BCUT2D eigenvalue weighted by Gasteiger charge is -2.29. The number of hydrogen-bond donors (Lipinski definition) is 2. The first-order chi connectivity index (χ1) is 6.75. The Hall–Kier alpha value is -1.63. The van der Waals surface area contributed by atoms with Gasteiger partial charge in [-0.25, -0.2) is 4.68 Å². The monoisotopic (exact) mass is 196 g/mol. The van der Waals surface area contributed by atoms with Gasteiger partial charge in [-0.15, -0.1) is 10.2 Å². The van der Waals surface area contributed by atoms with Crippen molar-refractivity contribution in [2.24, 2.45) is 0 Å². The van der Waals surface area contributed by atoms with Gasteiger partial charge in [-0.1, -0.05) is 0 Å². The molecule has 1 aliphatic heterocycles. The summed E-state index contributed by atoms with van der Waals surface area (Å²) in [6.45, 7) is 2.38. The molecule has 0 bridgehead atoms. The van der Waals surface area contributed by atoms with Gasteiger partial charge in [0.1, 0.15) is 6.33 Å². The topological polar surface area (TPSA) is 89.1 Å². The number of likely N-dealkylation sites (tertiary alicyclic amines) is 1. The van der Waals surface area contributed by atoms with Crippen LogP contribution in [-0.2, 0) is 4.79 Å². The summed E-state index contributed by atoms with van der Waals surface area (Å²) in [4.78, 5) is 13.4. The zero-order chi connectivity index (χ0) is 9.97. The van der Waals surface area contributed by atoms with E-state index in [1.807, 2.05) is 0 Å². The molecule has 2 heterocycles. The van der Waals surface area contributed by atoms with Gasteiger partial charge in [0.2, 0.25) is 5.95 Å². The Bertz CT molecular complexity index is 331. The van der Waals surface area contributed by atoms with Gasteiger partial charge in [-0.05, 0) is 19.5 Å². The van der Waals surface area contributed by atoms with Crippen LogP contribution in [0.2, 0.25) is 0 Å². The molecule has 0 spiro atoms. The van der Waals surface area contributed by atoms with E-state index < -0.39 is 0 Å². The molecule has 1 aromatic heterocycles. The molecule has 0 atom stereocenters. The van der Waals surface area contributed by atoms with Crippen molar-refractivity contribution in [1.82, 2.24) is 19.8 Å². The molecule has 0 radical (unpaired) electrons. The molecule has 1 aliphatic rings. The Morgan fingerprint density at radius 1 is 1.64 bits per heavy atom. The molecule has 1 fully saturated rings. The number of amides is 1. The van der Waals surface area contributed by atoms with Crippen LogP contribution in [0.3, 0.4) is 0 Å². The molecule has 0 aliphatic carbocycles. The van der Waals surface area contributed by atoms with E-state index >= 15 is 0 Å². The second-order valence-electron chi connectivity index (χ2n) is 3.22. The SMILES string of the molecule is Nc1nncn1NC(=O)CN1CCC1. The number of nitrogen functional groups attached to an aromatic ring is 1. The third-order valence-electron chi connectivity index (χ3n) is 2.14. The van der Waals surface area contributed by atoms with Crippen LogP contribution in [0.1, 0.15) is 6.42 Å². The molecule has 2 rings (SSSR count). The van der Waals surface area contributed by atoms with Crippen LogP contribution in [0.4, 0.5) is 5.95 Å². The first-order valence-corrected chi connectivity index (χ1v) is 4.43. The fraction of sp³-hybridized carbons (Fsp3) is 0.571. The quantitative estimate of drug-likeness (QED) is 0.623. The van der Waals surface area contributed by atoms with E-state index in [9.17, 15) is 4.79 Å². The summed E-state index contributed by atoms with van der Waals surface area (Å²) in [6.07, 6.45) is 2.53. The number of carbonyl (C=O) groups excluding carboxylic acids is 1. The lowest BCUT2D eigenvalue weighted by Crippen LogP contribution is -2.43. The van der Waals surface area contributed by atoms with Crippen molar-refractivity contribution in [1.29, 1.82) is 0 Å². The van der Waals surface area contributed by atoms with Gasteiger partial charge in [0, 0.05) is 0 Å². The van der Waals surface area contributed by atoms with Crippen molar-refractivity contribution in [2.75, 3.05) is 30.8 Å². The highest BCUT2D eigenvalue weighted by Gasteiger charge is 2.17. The van der Waals surface area contributed by atoms with E-state index in [1.54, 1.807) is 0 Å². The Morgan fingerprint density at radius 2 is 2.43 bits per heavy atom. The molecular formula is C7H12N6O. The van der Waals surface area contributed by atoms with Crippen molar-refractivity contribution in [3.8, 4) is 0 Å². The van der Waals surface area contributed by atoms with Gasteiger partial charge >= 0.3 is 0 Å². The second-order valence-corrected chi connectivity index (χ2v) is 3.22. The van der Waals surface area contributed by atoms with Crippen molar-refractivity contribution < 1.29 is 4.79 Å². The zero-order valence-corrected chi connectivity index (χ0v) is 7.68. The number of nitrogens with one attached hydrogen (secondary N) is 1. The maximum Gasteiger partial charge on any atom is 0.253 e. The summed E-state index contributed by atoms with van der Waals surface area (Å²) in [5, 5.41) is 7.09. The normalized spacial score (nSPS) is 16.3. The highest BCUT2D eigenvalue weighted by atomic mass is 16.2. The molecule has 0 aromatic carbocycles. The van der Waals surface area contributed by atoms with Crippen molar-refractivity contribution >= 4 is 11.9 Å². The lowest BCUT2D eigenvalue weighted by molar-refractivity contribution is -0.119. The fourth-order valence-corrected chi connectivity index (χ4v) is 1.24. The fourth-order valence-electron chi connectivity index (χ4n) is 1.24. The molecule has 3 N–H and O–H groups in total. The van der Waals surface area contributed by atoms with Crippen LogP contribution in [0.15, 0.2) is 6.33 Å². The minimum absolute atomic E-state index is 0.101. The van der Waals surface area contributed by atoms with Gasteiger partial charge in [0.25, 0.3) is 5.91 Å². The summed E-state index contributed by atoms with van der Waals surface area (Å²) in [5.41, 5.74) is 8.00. The minimum Gasteiger partial charge on any atom is -0.366 e. The van der Waals surface area contributed by atoms with Gasteiger partial charge in [0.15, 0.2) is 0 Å². The van der Waals surface area contributed by atoms with E-state index in [0.717, 1.165) is 13.1 Å². The number of aromatic nitrogens is 3. The van der Waals surface area contributed by atoms with Crippen LogP contribution in [-0.4, -0.2) is 45.3 Å². The van der Waals surface area contributed by atoms with Crippen LogP contribution in [0.25, 0.3) is 0 Å². The van der Waals surface area contributed by atoms with E-state index in [-0.39, 0.29) is 11.9 Å². The third kappa shape index (κ3) is 1.82. The molecule has 1 amide bonds. The first-order valence-electron chi connectivity index (χ1n) is 4.43. The van der Waals surface area contributed by atoms with E-state index in [1.165, 1.54) is 17.4 Å². The largest absolute Gasteiger partial charge is 0.366 e. The van der Waals surface area contributed by atoms with Crippen LogP contribution < -0.4 is 11.2 Å². The summed E-state index contributed by atoms with van der Waals surface area (Å²) in [7, 11) is 0. The maximum atomic E-state index is 11.4. The Morgan fingerprint density at radius 3 is 2.93 bits per heavy atom. The van der Waals surface area contributed by atoms with Gasteiger partial charge in [-0.2, -0.15) is 0 Å². The molecule has 7 heteroatoms. The zero-order valence-electron chi connectivity index (χ0n) is 7.68. The maximum absolute atomic E-state index is 11.4. The van der Waals surface area contributed by atoms with E-state index in [4.69, 9.17) is 5.73 Å². The molecule has 14 heavy (non-hydrogen) atoms. The molecule has 76 valence electrons. The third-order valence-corrected chi connectivity index (χ3v) is 2.14. The summed E-state index contributed by atoms with van der Waals surface area (Å²) in [6, 6.07) is 0. The Labute approximate surface area is 80.9 Å². The molecule has 1 aromatic rings. The van der Waals surface area contributed by atoms with Crippen molar-refractivity contribution in [3.05, 3.63) is 6.33 Å². The molecule has 7 nitrogen and oxygen atoms in total. The summed E-state index contributed by atoms with van der Waals surface area (Å²) < 4.78 is 1.31. The number of rotatable bonds is 3. The number of nitrogens with two attached hydrogens (primary N) is 1. The average molecular weight is 196 g/mol. The summed E-state index contributed by atoms with van der Waals surface area (Å²) in [5.74, 6) is 0.0816. The Balaban J connectivity index is 1.84. The predicted octanol–water partition coefficient (Wildman–Crippen LogP) is -1.36. The molecule has 1 saturated heterocycles. The smallest absolute Gasteiger partial charge is 0.253 e. The summed E-state index contributed by atoms with van der Waals surface area (Å²) >= 11 is 0. The highest BCUT2D eigenvalue weighted by Crippen LogP contribution is 2.04. The molecular weight excluding hydrogens is 184 g/mol. The highest BCUT2D eigenvalue weighted by molar-refractivity contribution is 5.85. The molecule has 0 saturated carbocycles. The lowest BCUT2D eigenvalue weighted by atomic mass is 10.2. The number of hydrogen-bond acceptors (Lipinski definition) is 5. The van der Waals surface area contributed by atoms with Crippen LogP contribution >= 0.6 is 0 Å². The van der Waals surface area contributed by atoms with Crippen molar-refractivity contribution in [2.45, 2.75) is 6.42 Å². The number of carbonyl (C=O) groups is 1. The van der Waals surface area contributed by atoms with Crippen LogP contribution in [0, 0.1) is 0 Å². The number of anilines is 1. The van der Waals surface area contributed by atoms with Crippen LogP contribution in [0.5, 0.6) is 0 Å². The van der Waals surface area contributed by atoms with Crippen molar-refractivity contribution in [3.63, 3.8) is 0 Å². The molecule has 0 unspecified atom stereocenters. The van der Waals surface area contributed by atoms with Gasteiger partial charge in [0.05, 0.1) is 6.54 Å². The standard InChI is InChI=1S/C7H12N6O/c8-7-10-9-5-13(7)11-6(14)4-12-2-1-3-12/h5H,1-4H2,(H2,8,10)(H,11,14). The first kappa shape index (κ1) is 8.95. The van der Waals surface area contributed by atoms with E-state index in [2.05, 4.69) is 20.5 Å².